The molecule has 0 aromatic heterocycles. The second-order valence-corrected chi connectivity index (χ2v) is 3.21. The van der Waals surface area contributed by atoms with Gasteiger partial charge >= 0.3 is 5.97 Å². The summed E-state index contributed by atoms with van der Waals surface area (Å²) >= 11 is 0. The Labute approximate surface area is 64.3 Å². The van der Waals surface area contributed by atoms with Gasteiger partial charge in [-0.15, -0.1) is 0 Å². The van der Waals surface area contributed by atoms with Crippen LogP contribution in [0.3, 0.4) is 0 Å². The quantitative estimate of drug-likeness (QED) is 0.412. The molecule has 0 aromatic carbocycles. The lowest BCUT2D eigenvalue weighted by atomic mass is 10.6. The minimum Gasteiger partial charge on any atom is -0.467 e. The Balaban J connectivity index is 4.56. The lowest BCUT2D eigenvalue weighted by Gasteiger charge is -2.08. The first-order valence-electron chi connectivity index (χ1n) is 2.65. The highest BCUT2D eigenvalue weighted by atomic mass is 32.2. The number of ether oxygens (including phenoxy) is 1. The molecular formula is C4H9NO5S. The molecule has 0 aliphatic heterocycles. The Hall–Kier alpha value is -0.660. The van der Waals surface area contributed by atoms with Gasteiger partial charge in [-0.2, -0.15) is 8.42 Å². The molecule has 1 unspecified atom stereocenters. The van der Waals surface area contributed by atoms with E-state index in [1.54, 1.807) is 0 Å². The summed E-state index contributed by atoms with van der Waals surface area (Å²) in [6, 6.07) is 0. The number of hydrogen-bond acceptors (Lipinski definition) is 5. The van der Waals surface area contributed by atoms with Crippen LogP contribution in [0, 0.1) is 0 Å². The van der Waals surface area contributed by atoms with Gasteiger partial charge < -0.3 is 4.74 Å². The summed E-state index contributed by atoms with van der Waals surface area (Å²) in [6.45, 7) is 0. The number of carbonyl (C=O) groups is 1. The van der Waals surface area contributed by atoms with Crippen molar-refractivity contribution in [3.8, 4) is 0 Å². The number of rotatable bonds is 3. The molecule has 0 bridgehead atoms. The van der Waals surface area contributed by atoms with E-state index < -0.39 is 21.5 Å². The number of nitrogens with one attached hydrogen (secondary N) is 1. The molecule has 0 amide bonds. The molecule has 0 fully saturated rings. The summed E-state index contributed by atoms with van der Waals surface area (Å²) in [4.78, 5) is 10.6. The SMILES string of the molecule is CNC(C(=O)OC)S(=O)(=O)O. The molecule has 0 saturated carbocycles. The van der Waals surface area contributed by atoms with Crippen LogP contribution in [0.1, 0.15) is 0 Å². The fraction of sp³-hybridized carbons (Fsp3) is 0.750. The first-order chi connectivity index (χ1) is 4.93. The molecule has 1 atom stereocenters. The standard InChI is InChI=1S/C4H9NO5S/c1-5-3(4(6)10-2)11(7,8)9/h3,5H,1-2H3,(H,7,8,9). The lowest BCUT2D eigenvalue weighted by Crippen LogP contribution is -2.41. The van der Waals surface area contributed by atoms with Gasteiger partial charge in [-0.1, -0.05) is 0 Å². The van der Waals surface area contributed by atoms with Crippen LogP contribution in [0.2, 0.25) is 0 Å². The van der Waals surface area contributed by atoms with Gasteiger partial charge in [0.05, 0.1) is 7.11 Å². The van der Waals surface area contributed by atoms with E-state index in [-0.39, 0.29) is 0 Å². The Morgan fingerprint density at radius 3 is 2.18 bits per heavy atom. The van der Waals surface area contributed by atoms with Gasteiger partial charge in [-0.05, 0) is 7.05 Å². The van der Waals surface area contributed by atoms with Crippen LogP contribution >= 0.6 is 0 Å². The summed E-state index contributed by atoms with van der Waals surface area (Å²) < 4.78 is 33.2. The zero-order chi connectivity index (χ0) is 9.07. The molecule has 0 aliphatic rings. The number of likely N-dealkylation sites (N-methyl/N-ethyl adjacent to an activating group) is 1. The smallest absolute Gasteiger partial charge is 0.341 e. The predicted octanol–water partition coefficient (Wildman–Crippen LogP) is -1.41. The molecule has 11 heavy (non-hydrogen) atoms. The largest absolute Gasteiger partial charge is 0.467 e. The fourth-order valence-corrected chi connectivity index (χ4v) is 1.13. The van der Waals surface area contributed by atoms with Crippen LogP contribution in [0.4, 0.5) is 0 Å². The normalized spacial score (nSPS) is 14.1. The molecule has 0 rings (SSSR count). The molecule has 6 nitrogen and oxygen atoms in total. The number of esters is 1. The van der Waals surface area contributed by atoms with Crippen molar-refractivity contribution in [2.45, 2.75) is 5.37 Å². The molecule has 0 heterocycles. The number of methoxy groups -OCH3 is 1. The summed E-state index contributed by atoms with van der Waals surface area (Å²) in [5.74, 6) is -1.05. The summed E-state index contributed by atoms with van der Waals surface area (Å²) in [5, 5.41) is 0.379. The van der Waals surface area contributed by atoms with Crippen molar-refractivity contribution < 1.29 is 22.5 Å². The molecular weight excluding hydrogens is 174 g/mol. The minimum absolute atomic E-state index is 1.03. The third-order valence-corrected chi connectivity index (χ3v) is 2.00. The van der Waals surface area contributed by atoms with E-state index in [1.165, 1.54) is 7.05 Å². The van der Waals surface area contributed by atoms with Crippen molar-refractivity contribution in [2.75, 3.05) is 14.2 Å². The van der Waals surface area contributed by atoms with E-state index in [0.29, 0.717) is 0 Å². The maximum atomic E-state index is 10.6. The first kappa shape index (κ1) is 10.3. The summed E-state index contributed by atoms with van der Waals surface area (Å²) in [5.41, 5.74) is 0. The van der Waals surface area contributed by atoms with Crippen LogP contribution in [0.5, 0.6) is 0 Å². The Morgan fingerprint density at radius 2 is 2.09 bits per heavy atom. The third kappa shape index (κ3) is 2.83. The topological polar surface area (TPSA) is 92.7 Å². The monoisotopic (exact) mass is 183 g/mol. The van der Waals surface area contributed by atoms with Gasteiger partial charge in [0, 0.05) is 0 Å². The second-order valence-electron chi connectivity index (χ2n) is 1.71. The summed E-state index contributed by atoms with van der Waals surface area (Å²) in [6.07, 6.45) is 0. The molecule has 0 radical (unpaired) electrons. The summed E-state index contributed by atoms with van der Waals surface area (Å²) in [7, 11) is -2.17. The first-order valence-corrected chi connectivity index (χ1v) is 4.15. The van der Waals surface area contributed by atoms with Gasteiger partial charge in [-0.3, -0.25) is 9.87 Å². The number of hydrogen-bond donors (Lipinski definition) is 2. The van der Waals surface area contributed by atoms with Gasteiger partial charge in [0.1, 0.15) is 0 Å². The highest BCUT2D eigenvalue weighted by Crippen LogP contribution is 1.95. The molecule has 0 saturated heterocycles. The average molecular weight is 183 g/mol. The van der Waals surface area contributed by atoms with Crippen molar-refractivity contribution in [3.63, 3.8) is 0 Å². The Morgan fingerprint density at radius 1 is 1.64 bits per heavy atom. The van der Waals surface area contributed by atoms with Crippen LogP contribution < -0.4 is 5.32 Å². The van der Waals surface area contributed by atoms with Crippen LogP contribution in [0.15, 0.2) is 0 Å². The average Bonchev–Trinajstić information content (AvgIpc) is 1.86. The van der Waals surface area contributed by atoms with Crippen molar-refractivity contribution in [3.05, 3.63) is 0 Å². The third-order valence-electron chi connectivity index (χ3n) is 0.975. The van der Waals surface area contributed by atoms with E-state index in [4.69, 9.17) is 4.55 Å². The highest BCUT2D eigenvalue weighted by Gasteiger charge is 2.29. The maximum absolute atomic E-state index is 10.6. The van der Waals surface area contributed by atoms with E-state index >= 15 is 0 Å². The van der Waals surface area contributed by atoms with E-state index in [2.05, 4.69) is 10.1 Å². The molecule has 7 heteroatoms. The molecule has 2 N–H and O–H groups in total. The minimum atomic E-state index is -4.41. The van der Waals surface area contributed by atoms with Gasteiger partial charge in [-0.25, -0.2) is 4.79 Å². The van der Waals surface area contributed by atoms with Crippen LogP contribution in [-0.2, 0) is 19.6 Å². The van der Waals surface area contributed by atoms with Gasteiger partial charge in [0.2, 0.25) is 5.37 Å². The van der Waals surface area contributed by atoms with Crippen molar-refractivity contribution in [1.29, 1.82) is 0 Å². The molecule has 0 aromatic rings. The number of carbonyl (C=O) groups excluding carboxylic acids is 1. The van der Waals surface area contributed by atoms with Crippen LogP contribution in [0.25, 0.3) is 0 Å². The maximum Gasteiger partial charge on any atom is 0.341 e. The Bertz CT molecular complexity index is 233. The predicted molar refractivity (Wildman–Crippen MR) is 36.4 cm³/mol. The highest BCUT2D eigenvalue weighted by molar-refractivity contribution is 7.87. The van der Waals surface area contributed by atoms with Crippen LogP contribution in [-0.4, -0.2) is 38.5 Å². The molecule has 66 valence electrons. The van der Waals surface area contributed by atoms with Gasteiger partial charge in [0.15, 0.2) is 0 Å². The second kappa shape index (κ2) is 3.65. The van der Waals surface area contributed by atoms with E-state index in [1.807, 2.05) is 0 Å². The molecule has 0 spiro atoms. The van der Waals surface area contributed by atoms with Gasteiger partial charge in [0.25, 0.3) is 10.1 Å². The van der Waals surface area contributed by atoms with E-state index in [9.17, 15) is 13.2 Å². The van der Waals surface area contributed by atoms with Crippen molar-refractivity contribution >= 4 is 16.1 Å². The van der Waals surface area contributed by atoms with Crippen molar-refractivity contribution in [2.24, 2.45) is 0 Å². The van der Waals surface area contributed by atoms with Crippen molar-refractivity contribution in [1.82, 2.24) is 5.32 Å². The molecule has 0 aliphatic carbocycles. The lowest BCUT2D eigenvalue weighted by molar-refractivity contribution is -0.140. The zero-order valence-corrected chi connectivity index (χ0v) is 6.88. The van der Waals surface area contributed by atoms with E-state index in [0.717, 1.165) is 7.11 Å². The zero-order valence-electron chi connectivity index (χ0n) is 6.07. The Kier molecular flexibility index (Phi) is 3.43. The fourth-order valence-electron chi connectivity index (χ4n) is 0.495.